The highest BCUT2D eigenvalue weighted by molar-refractivity contribution is 7.89. The smallest absolute Gasteiger partial charge is 0.349 e. The Morgan fingerprint density at radius 2 is 1.66 bits per heavy atom. The van der Waals surface area contributed by atoms with Crippen LogP contribution in [0.4, 0.5) is 0 Å². The molecule has 0 N–H and O–H groups in total. The number of likely N-dealkylation sites (tertiary alicyclic amines) is 1. The molecule has 0 atom stereocenters. The second kappa shape index (κ2) is 9.80. The Labute approximate surface area is 218 Å². The summed E-state index contributed by atoms with van der Waals surface area (Å²) in [6, 6.07) is 15.0. The first-order valence-electron chi connectivity index (χ1n) is 12.7. The molecule has 38 heavy (non-hydrogen) atoms. The first kappa shape index (κ1) is 24.5. The van der Waals surface area contributed by atoms with Crippen molar-refractivity contribution in [3.8, 4) is 22.8 Å². The van der Waals surface area contributed by atoms with Crippen molar-refractivity contribution >= 4 is 26.9 Å². The van der Waals surface area contributed by atoms with Crippen LogP contribution in [0.1, 0.15) is 25.7 Å². The molecular formula is C27H26N4O6S. The largest absolute Gasteiger partial charge is 0.422 e. The summed E-state index contributed by atoms with van der Waals surface area (Å²) in [6.45, 7) is 2.25. The number of aromatic nitrogens is 2. The molecule has 2 saturated heterocycles. The number of benzene rings is 2. The van der Waals surface area contributed by atoms with E-state index in [0.717, 1.165) is 31.3 Å². The van der Waals surface area contributed by atoms with Crippen LogP contribution in [0.3, 0.4) is 0 Å². The average Bonchev–Trinajstić information content (AvgIpc) is 3.66. The molecule has 2 aliphatic heterocycles. The van der Waals surface area contributed by atoms with Gasteiger partial charge in [0, 0.05) is 43.0 Å². The van der Waals surface area contributed by atoms with E-state index in [1.807, 2.05) is 17.0 Å². The molecule has 0 bridgehead atoms. The number of hydrogen-bond donors (Lipinski definition) is 0. The molecule has 4 aromatic rings. The van der Waals surface area contributed by atoms with E-state index in [4.69, 9.17) is 8.94 Å². The normalized spacial score (nSPS) is 17.3. The van der Waals surface area contributed by atoms with Gasteiger partial charge in [-0.05, 0) is 62.1 Å². The zero-order valence-electron chi connectivity index (χ0n) is 20.6. The topological polar surface area (TPSA) is 127 Å². The fourth-order valence-corrected chi connectivity index (χ4v) is 6.59. The molecule has 2 aliphatic rings. The molecule has 4 heterocycles. The minimum atomic E-state index is -3.70. The van der Waals surface area contributed by atoms with E-state index in [1.165, 1.54) is 16.4 Å². The average molecular weight is 535 g/mol. The van der Waals surface area contributed by atoms with Crippen LogP contribution in [0.2, 0.25) is 0 Å². The van der Waals surface area contributed by atoms with E-state index in [2.05, 4.69) is 10.1 Å². The summed E-state index contributed by atoms with van der Waals surface area (Å²) < 4.78 is 38.6. The third-order valence-corrected chi connectivity index (χ3v) is 9.18. The zero-order valence-corrected chi connectivity index (χ0v) is 21.4. The van der Waals surface area contributed by atoms with Crippen molar-refractivity contribution < 1.29 is 22.2 Å². The number of amides is 1. The second-order valence-electron chi connectivity index (χ2n) is 9.64. The zero-order chi connectivity index (χ0) is 26.3. The number of para-hydroxylation sites is 1. The maximum atomic E-state index is 13.2. The number of fused-ring (bicyclic) bond motifs is 1. The highest BCUT2D eigenvalue weighted by Crippen LogP contribution is 2.28. The van der Waals surface area contributed by atoms with E-state index >= 15 is 0 Å². The van der Waals surface area contributed by atoms with Gasteiger partial charge in [-0.3, -0.25) is 4.79 Å². The van der Waals surface area contributed by atoms with Gasteiger partial charge in [-0.2, -0.15) is 9.29 Å². The van der Waals surface area contributed by atoms with Crippen molar-refractivity contribution in [1.82, 2.24) is 19.3 Å². The van der Waals surface area contributed by atoms with Crippen molar-refractivity contribution in [2.75, 3.05) is 26.2 Å². The second-order valence-corrected chi connectivity index (χ2v) is 11.6. The number of carbonyl (C=O) groups excluding carboxylic acids is 1. The van der Waals surface area contributed by atoms with Crippen LogP contribution in [-0.2, 0) is 14.8 Å². The fourth-order valence-electron chi connectivity index (χ4n) is 5.13. The van der Waals surface area contributed by atoms with Gasteiger partial charge in [0.15, 0.2) is 0 Å². The van der Waals surface area contributed by atoms with E-state index in [-0.39, 0.29) is 34.0 Å². The van der Waals surface area contributed by atoms with Gasteiger partial charge >= 0.3 is 5.63 Å². The maximum absolute atomic E-state index is 13.2. The van der Waals surface area contributed by atoms with Crippen LogP contribution < -0.4 is 5.63 Å². The quantitative estimate of drug-likeness (QED) is 0.356. The molecule has 10 nitrogen and oxygen atoms in total. The lowest BCUT2D eigenvalue weighted by Gasteiger charge is -2.32. The van der Waals surface area contributed by atoms with Gasteiger partial charge in [-0.15, -0.1) is 0 Å². The molecule has 1 amide bonds. The summed E-state index contributed by atoms with van der Waals surface area (Å²) in [6.07, 6.45) is 3.14. The predicted octanol–water partition coefficient (Wildman–Crippen LogP) is 3.53. The molecule has 0 saturated carbocycles. The Balaban J connectivity index is 1.16. The molecule has 0 unspecified atom stereocenters. The minimum Gasteiger partial charge on any atom is -0.422 e. The van der Waals surface area contributed by atoms with Gasteiger partial charge in [0.05, 0.1) is 4.90 Å². The summed E-state index contributed by atoms with van der Waals surface area (Å²) >= 11 is 0. The molecule has 2 aromatic heterocycles. The lowest BCUT2D eigenvalue weighted by Crippen LogP contribution is -2.43. The lowest BCUT2D eigenvalue weighted by atomic mass is 9.97. The van der Waals surface area contributed by atoms with Gasteiger partial charge < -0.3 is 13.8 Å². The van der Waals surface area contributed by atoms with Gasteiger partial charge in [-0.25, -0.2) is 13.2 Å². The van der Waals surface area contributed by atoms with E-state index in [9.17, 15) is 18.0 Å². The van der Waals surface area contributed by atoms with Crippen LogP contribution >= 0.6 is 0 Å². The molecular weight excluding hydrogens is 508 g/mol. The number of carbonyl (C=O) groups is 1. The predicted molar refractivity (Wildman–Crippen MR) is 139 cm³/mol. The summed E-state index contributed by atoms with van der Waals surface area (Å²) in [7, 11) is -3.70. The monoisotopic (exact) mass is 534 g/mol. The molecule has 196 valence electrons. The molecule has 6 rings (SSSR count). The van der Waals surface area contributed by atoms with Gasteiger partial charge in [0.25, 0.3) is 5.89 Å². The third-order valence-electron chi connectivity index (χ3n) is 7.27. The van der Waals surface area contributed by atoms with Crippen molar-refractivity contribution in [2.24, 2.45) is 5.92 Å². The number of nitrogens with zero attached hydrogens (tertiary/aromatic N) is 4. The van der Waals surface area contributed by atoms with Gasteiger partial charge in [0.1, 0.15) is 11.1 Å². The van der Waals surface area contributed by atoms with Gasteiger partial charge in [0.2, 0.25) is 21.8 Å². The number of piperidine rings is 1. The summed E-state index contributed by atoms with van der Waals surface area (Å²) in [5.41, 5.74) is 0.554. The number of hydrogen-bond acceptors (Lipinski definition) is 8. The first-order chi connectivity index (χ1) is 18.4. The van der Waals surface area contributed by atoms with Crippen LogP contribution in [0, 0.1) is 5.92 Å². The summed E-state index contributed by atoms with van der Waals surface area (Å²) in [4.78, 5) is 31.5. The Hall–Kier alpha value is -3.83. The minimum absolute atomic E-state index is 0.0162. The standard InChI is InChI=1S/C27H26N4O6S/c32-26(30-13-3-4-14-30)19-11-15-31(16-12-19)38(34,35)21-9-7-18(8-10-21)24-28-25(37-29-24)22-17-20-5-1-2-6-23(20)36-27(22)33/h1-2,5-10,17,19H,3-4,11-16H2. The number of rotatable bonds is 5. The van der Waals surface area contributed by atoms with Crippen molar-refractivity contribution in [3.05, 3.63) is 65.0 Å². The SMILES string of the molecule is O=C(C1CCN(S(=O)(=O)c2ccc(-c3noc(-c4cc5ccccc5oc4=O)n3)cc2)CC1)N1CCCC1. The summed E-state index contributed by atoms with van der Waals surface area (Å²) in [5.74, 6) is 0.282. The van der Waals surface area contributed by atoms with Crippen LogP contribution in [-0.4, -0.2) is 59.8 Å². The van der Waals surface area contributed by atoms with Crippen molar-refractivity contribution in [3.63, 3.8) is 0 Å². The fraction of sp³-hybridized carbons (Fsp3) is 0.333. The summed E-state index contributed by atoms with van der Waals surface area (Å²) in [5, 5.41) is 4.68. The van der Waals surface area contributed by atoms with Crippen molar-refractivity contribution in [1.29, 1.82) is 0 Å². The van der Waals surface area contributed by atoms with E-state index < -0.39 is 15.6 Å². The molecule has 0 aliphatic carbocycles. The highest BCUT2D eigenvalue weighted by Gasteiger charge is 2.34. The Morgan fingerprint density at radius 1 is 0.947 bits per heavy atom. The first-order valence-corrected chi connectivity index (χ1v) is 14.1. The highest BCUT2D eigenvalue weighted by atomic mass is 32.2. The maximum Gasteiger partial charge on any atom is 0.349 e. The molecule has 2 fully saturated rings. The van der Waals surface area contributed by atoms with Gasteiger partial charge in [-0.1, -0.05) is 23.4 Å². The van der Waals surface area contributed by atoms with Crippen molar-refractivity contribution in [2.45, 2.75) is 30.6 Å². The Morgan fingerprint density at radius 3 is 2.39 bits per heavy atom. The van der Waals surface area contributed by atoms with E-state index in [1.54, 1.807) is 30.3 Å². The number of sulfonamides is 1. The van der Waals surface area contributed by atoms with E-state index in [0.29, 0.717) is 37.1 Å². The van der Waals surface area contributed by atoms with Crippen LogP contribution in [0.25, 0.3) is 33.8 Å². The molecule has 11 heteroatoms. The van der Waals surface area contributed by atoms with Crippen LogP contribution in [0.15, 0.2) is 73.2 Å². The lowest BCUT2D eigenvalue weighted by molar-refractivity contribution is -0.135. The third kappa shape index (κ3) is 4.52. The Bertz CT molecular complexity index is 1650. The molecule has 0 radical (unpaired) electrons. The molecule has 0 spiro atoms. The van der Waals surface area contributed by atoms with Crippen LogP contribution in [0.5, 0.6) is 0 Å². The molecule has 2 aromatic carbocycles. The Kier molecular flexibility index (Phi) is 6.32.